The number of nitrogens with zero attached hydrogens (tertiary/aromatic N) is 1. The maximum atomic E-state index is 12.7. The summed E-state index contributed by atoms with van der Waals surface area (Å²) in [4.78, 5) is 12.7. The van der Waals surface area contributed by atoms with E-state index in [0.717, 1.165) is 14.7 Å². The molecule has 0 heterocycles. The number of hydrogen-bond donors (Lipinski definition) is 1. The molecule has 0 bridgehead atoms. The SMILES string of the molecule is COc1cc(/C=C(/C#N)C(=O)N[C@H](C)c2ccccc2)cc(Br)c1OCc1ccc(I)cc1. The smallest absolute Gasteiger partial charge is 0.262 e. The van der Waals surface area contributed by atoms with Crippen molar-refractivity contribution in [3.05, 3.63) is 97.0 Å². The van der Waals surface area contributed by atoms with Crippen molar-refractivity contribution >= 4 is 50.5 Å². The number of halogens is 2. The molecule has 0 spiro atoms. The fraction of sp³-hybridized carbons (Fsp3) is 0.154. The van der Waals surface area contributed by atoms with Gasteiger partial charge in [0.15, 0.2) is 11.5 Å². The van der Waals surface area contributed by atoms with Gasteiger partial charge in [0.2, 0.25) is 0 Å². The summed E-state index contributed by atoms with van der Waals surface area (Å²) in [6.07, 6.45) is 1.53. The molecule has 1 atom stereocenters. The van der Waals surface area contributed by atoms with E-state index in [-0.39, 0.29) is 11.6 Å². The molecule has 0 aliphatic carbocycles. The van der Waals surface area contributed by atoms with E-state index < -0.39 is 5.91 Å². The van der Waals surface area contributed by atoms with Gasteiger partial charge in [-0.1, -0.05) is 42.5 Å². The first-order chi connectivity index (χ1) is 15.9. The molecule has 0 aromatic heterocycles. The van der Waals surface area contributed by atoms with Crippen LogP contribution in [0.25, 0.3) is 6.08 Å². The number of carbonyl (C=O) groups excluding carboxylic acids is 1. The Kier molecular flexibility index (Phi) is 8.92. The molecule has 0 unspecified atom stereocenters. The monoisotopic (exact) mass is 616 g/mol. The Morgan fingerprint density at radius 2 is 1.88 bits per heavy atom. The summed E-state index contributed by atoms with van der Waals surface area (Å²) in [5, 5.41) is 12.4. The van der Waals surface area contributed by atoms with Gasteiger partial charge in [0.25, 0.3) is 5.91 Å². The lowest BCUT2D eigenvalue weighted by Gasteiger charge is -2.15. The molecular formula is C26H22BrIN2O3. The third-order valence-electron chi connectivity index (χ3n) is 4.87. The molecule has 1 amide bonds. The molecule has 0 radical (unpaired) electrons. The van der Waals surface area contributed by atoms with Crippen LogP contribution in [0.3, 0.4) is 0 Å². The summed E-state index contributed by atoms with van der Waals surface area (Å²) < 4.78 is 13.3. The Balaban J connectivity index is 1.78. The molecule has 0 fully saturated rings. The minimum Gasteiger partial charge on any atom is -0.493 e. The molecule has 1 N–H and O–H groups in total. The second-order valence-corrected chi connectivity index (χ2v) is 9.32. The number of hydrogen-bond acceptors (Lipinski definition) is 4. The van der Waals surface area contributed by atoms with Gasteiger partial charge < -0.3 is 14.8 Å². The van der Waals surface area contributed by atoms with E-state index >= 15 is 0 Å². The molecule has 5 nitrogen and oxygen atoms in total. The van der Waals surface area contributed by atoms with Gasteiger partial charge >= 0.3 is 0 Å². The highest BCUT2D eigenvalue weighted by Gasteiger charge is 2.16. The quantitative estimate of drug-likeness (QED) is 0.180. The van der Waals surface area contributed by atoms with Gasteiger partial charge in [-0.25, -0.2) is 0 Å². The van der Waals surface area contributed by atoms with E-state index in [1.165, 1.54) is 6.08 Å². The maximum absolute atomic E-state index is 12.7. The minimum atomic E-state index is -0.442. The van der Waals surface area contributed by atoms with E-state index in [4.69, 9.17) is 9.47 Å². The van der Waals surface area contributed by atoms with Gasteiger partial charge in [0, 0.05) is 3.57 Å². The zero-order chi connectivity index (χ0) is 23.8. The molecule has 0 saturated carbocycles. The van der Waals surface area contributed by atoms with Gasteiger partial charge in [0.1, 0.15) is 18.2 Å². The number of ether oxygens (including phenoxy) is 2. The maximum Gasteiger partial charge on any atom is 0.262 e. The summed E-state index contributed by atoms with van der Waals surface area (Å²) in [6, 6.07) is 22.9. The molecular weight excluding hydrogens is 595 g/mol. The van der Waals surface area contributed by atoms with Crippen LogP contribution in [0, 0.1) is 14.9 Å². The number of nitriles is 1. The van der Waals surface area contributed by atoms with Crippen LogP contribution in [0.5, 0.6) is 11.5 Å². The first-order valence-corrected chi connectivity index (χ1v) is 12.0. The van der Waals surface area contributed by atoms with Gasteiger partial charge in [-0.2, -0.15) is 5.26 Å². The molecule has 0 aliphatic heterocycles. The molecule has 0 aliphatic rings. The molecule has 3 rings (SSSR count). The lowest BCUT2D eigenvalue weighted by molar-refractivity contribution is -0.117. The van der Waals surface area contributed by atoms with Crippen molar-refractivity contribution < 1.29 is 14.3 Å². The molecule has 0 saturated heterocycles. The van der Waals surface area contributed by atoms with E-state index in [2.05, 4.69) is 43.8 Å². The number of benzene rings is 3. The number of amides is 1. The van der Waals surface area contributed by atoms with E-state index in [1.54, 1.807) is 19.2 Å². The van der Waals surface area contributed by atoms with Crippen LogP contribution in [0.4, 0.5) is 0 Å². The minimum absolute atomic E-state index is 0.000656. The lowest BCUT2D eigenvalue weighted by Crippen LogP contribution is -2.27. The Labute approximate surface area is 215 Å². The van der Waals surface area contributed by atoms with Crippen molar-refractivity contribution in [1.29, 1.82) is 5.26 Å². The van der Waals surface area contributed by atoms with E-state index in [9.17, 15) is 10.1 Å². The predicted octanol–water partition coefficient (Wildman–Crippen LogP) is 6.43. The summed E-state index contributed by atoms with van der Waals surface area (Å²) in [5.41, 5.74) is 2.63. The summed E-state index contributed by atoms with van der Waals surface area (Å²) in [6.45, 7) is 2.26. The van der Waals surface area contributed by atoms with Crippen molar-refractivity contribution in [3.63, 3.8) is 0 Å². The Morgan fingerprint density at radius 1 is 1.18 bits per heavy atom. The number of carbonyl (C=O) groups is 1. The molecule has 33 heavy (non-hydrogen) atoms. The number of rotatable bonds is 8. The van der Waals surface area contributed by atoms with Gasteiger partial charge in [0.05, 0.1) is 17.6 Å². The molecule has 3 aromatic rings. The predicted molar refractivity (Wildman–Crippen MR) is 141 cm³/mol. The lowest BCUT2D eigenvalue weighted by atomic mass is 10.1. The second kappa shape index (κ2) is 11.9. The van der Waals surface area contributed by atoms with Crippen LogP contribution >= 0.6 is 38.5 Å². The number of nitrogens with one attached hydrogen (secondary N) is 1. The van der Waals surface area contributed by atoms with Gasteiger partial charge in [-0.05, 0) is 92.5 Å². The van der Waals surface area contributed by atoms with Crippen molar-refractivity contribution in [2.24, 2.45) is 0 Å². The van der Waals surface area contributed by atoms with Crippen LogP contribution < -0.4 is 14.8 Å². The fourth-order valence-electron chi connectivity index (χ4n) is 3.11. The average Bonchev–Trinajstić information content (AvgIpc) is 2.83. The highest BCUT2D eigenvalue weighted by Crippen LogP contribution is 2.37. The fourth-order valence-corrected chi connectivity index (χ4v) is 4.05. The third-order valence-corrected chi connectivity index (χ3v) is 6.18. The standard InChI is InChI=1S/C26H22BrIN2O3/c1-17(20-6-4-3-5-7-20)30-26(31)21(15-29)12-19-13-23(27)25(24(14-19)32-2)33-16-18-8-10-22(28)11-9-18/h3-14,17H,16H2,1-2H3,(H,30,31)/b21-12-/t17-/m1/s1. The normalized spacial score (nSPS) is 11.9. The Hall–Kier alpha value is -2.83. The summed E-state index contributed by atoms with van der Waals surface area (Å²) >= 11 is 5.78. The van der Waals surface area contributed by atoms with Gasteiger partial charge in [-0.15, -0.1) is 0 Å². The van der Waals surface area contributed by atoms with Crippen LogP contribution in [0.1, 0.15) is 29.7 Å². The molecule has 168 valence electrons. The highest BCUT2D eigenvalue weighted by molar-refractivity contribution is 14.1. The van der Waals surface area contributed by atoms with Crippen molar-refractivity contribution in [2.45, 2.75) is 19.6 Å². The summed E-state index contributed by atoms with van der Waals surface area (Å²) in [5.74, 6) is 0.605. The number of methoxy groups -OCH3 is 1. The summed E-state index contributed by atoms with van der Waals surface area (Å²) in [7, 11) is 1.55. The van der Waals surface area contributed by atoms with Crippen molar-refractivity contribution in [2.75, 3.05) is 7.11 Å². The van der Waals surface area contributed by atoms with Crippen LogP contribution in [-0.4, -0.2) is 13.0 Å². The molecule has 3 aromatic carbocycles. The van der Waals surface area contributed by atoms with Crippen molar-refractivity contribution in [1.82, 2.24) is 5.32 Å². The van der Waals surface area contributed by atoms with Crippen LogP contribution in [0.2, 0.25) is 0 Å². The Bertz CT molecular complexity index is 1190. The highest BCUT2D eigenvalue weighted by atomic mass is 127. The van der Waals surface area contributed by atoms with Crippen LogP contribution in [-0.2, 0) is 11.4 Å². The van der Waals surface area contributed by atoms with E-state index in [1.807, 2.05) is 67.6 Å². The van der Waals surface area contributed by atoms with Crippen molar-refractivity contribution in [3.8, 4) is 17.6 Å². The third kappa shape index (κ3) is 6.83. The first-order valence-electron chi connectivity index (χ1n) is 10.1. The van der Waals surface area contributed by atoms with E-state index in [0.29, 0.717) is 28.1 Å². The largest absolute Gasteiger partial charge is 0.493 e. The van der Waals surface area contributed by atoms with Gasteiger partial charge in [-0.3, -0.25) is 4.79 Å². The zero-order valence-electron chi connectivity index (χ0n) is 18.1. The topological polar surface area (TPSA) is 71.3 Å². The first kappa shape index (κ1) is 24.8. The van der Waals surface area contributed by atoms with Crippen LogP contribution in [0.15, 0.2) is 76.8 Å². The Morgan fingerprint density at radius 3 is 2.52 bits per heavy atom. The average molecular weight is 617 g/mol. The molecule has 7 heteroatoms. The second-order valence-electron chi connectivity index (χ2n) is 7.22. The zero-order valence-corrected chi connectivity index (χ0v) is 21.9.